The fourth-order valence-corrected chi connectivity index (χ4v) is 3.99. The smallest absolute Gasteiger partial charge is 0.335 e. The van der Waals surface area contributed by atoms with Gasteiger partial charge in [-0.3, -0.25) is 0 Å². The average molecular weight is 252 g/mol. The van der Waals surface area contributed by atoms with E-state index in [0.717, 1.165) is 12.8 Å². The number of esters is 1. The highest BCUT2D eigenvalue weighted by Crippen LogP contribution is 2.68. The molecule has 2 rings (SSSR count). The molecule has 3 nitrogen and oxygen atoms in total. The molecule has 2 saturated carbocycles. The van der Waals surface area contributed by atoms with E-state index in [0.29, 0.717) is 11.5 Å². The normalized spacial score (nSPS) is 38.5. The third kappa shape index (κ3) is 1.71. The topological polar surface area (TPSA) is 46.5 Å². The van der Waals surface area contributed by atoms with Crippen LogP contribution in [0.15, 0.2) is 12.2 Å². The Labute approximate surface area is 109 Å². The van der Waals surface area contributed by atoms with Crippen LogP contribution >= 0.6 is 0 Å². The molecule has 1 N–H and O–H groups in total. The summed E-state index contributed by atoms with van der Waals surface area (Å²) in [5.74, 6) is 0.187. The molecule has 4 unspecified atom stereocenters. The second-order valence-corrected chi connectivity index (χ2v) is 6.79. The zero-order chi connectivity index (χ0) is 13.7. The van der Waals surface area contributed by atoms with Crippen LogP contribution in [0.2, 0.25) is 0 Å². The van der Waals surface area contributed by atoms with Crippen LogP contribution in [-0.4, -0.2) is 17.4 Å². The van der Waals surface area contributed by atoms with Crippen molar-refractivity contribution in [3.05, 3.63) is 12.2 Å². The lowest BCUT2D eigenvalue weighted by Gasteiger charge is -2.40. The number of aliphatic hydroxyl groups excluding tert-OH is 1. The van der Waals surface area contributed by atoms with Crippen molar-refractivity contribution in [3.8, 4) is 0 Å². The van der Waals surface area contributed by atoms with Gasteiger partial charge in [-0.1, -0.05) is 27.4 Å². The van der Waals surface area contributed by atoms with Crippen LogP contribution in [0.3, 0.4) is 0 Å². The van der Waals surface area contributed by atoms with Gasteiger partial charge in [-0.2, -0.15) is 0 Å². The van der Waals surface area contributed by atoms with Crippen molar-refractivity contribution in [1.82, 2.24) is 0 Å². The molecule has 0 radical (unpaired) electrons. The highest BCUT2D eigenvalue weighted by molar-refractivity contribution is 5.87. The Morgan fingerprint density at radius 1 is 1.44 bits per heavy atom. The van der Waals surface area contributed by atoms with Gasteiger partial charge in [0.2, 0.25) is 6.29 Å². The summed E-state index contributed by atoms with van der Waals surface area (Å²) >= 11 is 0. The van der Waals surface area contributed by atoms with Gasteiger partial charge in [-0.05, 0) is 42.9 Å². The summed E-state index contributed by atoms with van der Waals surface area (Å²) in [5, 5.41) is 10.2. The highest BCUT2D eigenvalue weighted by atomic mass is 16.6. The van der Waals surface area contributed by atoms with E-state index in [4.69, 9.17) is 4.74 Å². The molecule has 2 fully saturated rings. The van der Waals surface area contributed by atoms with Crippen LogP contribution in [0, 0.1) is 22.7 Å². The predicted octanol–water partition coefficient (Wildman–Crippen LogP) is 2.89. The average Bonchev–Trinajstić information content (AvgIpc) is 2.60. The van der Waals surface area contributed by atoms with Crippen LogP contribution in [-0.2, 0) is 9.53 Å². The number of rotatable bonds is 3. The second kappa shape index (κ2) is 4.09. The van der Waals surface area contributed by atoms with Crippen molar-refractivity contribution in [2.24, 2.45) is 22.7 Å². The number of ether oxygens (including phenoxy) is 1. The number of aliphatic hydroxyl groups is 1. The number of hydrogen-bond acceptors (Lipinski definition) is 3. The Morgan fingerprint density at radius 3 is 2.44 bits per heavy atom. The first-order valence-electron chi connectivity index (χ1n) is 6.74. The predicted molar refractivity (Wildman–Crippen MR) is 69.6 cm³/mol. The van der Waals surface area contributed by atoms with E-state index >= 15 is 0 Å². The lowest BCUT2D eigenvalue weighted by molar-refractivity contribution is -0.183. The highest BCUT2D eigenvalue weighted by Gasteiger charge is 2.63. The first kappa shape index (κ1) is 13.6. The van der Waals surface area contributed by atoms with Crippen molar-refractivity contribution >= 4 is 5.97 Å². The molecule has 2 aliphatic rings. The van der Waals surface area contributed by atoms with Crippen molar-refractivity contribution in [1.29, 1.82) is 0 Å². The maximum Gasteiger partial charge on any atom is 0.335 e. The van der Waals surface area contributed by atoms with Gasteiger partial charge in [0, 0.05) is 11.5 Å². The molecule has 4 atom stereocenters. The van der Waals surface area contributed by atoms with Gasteiger partial charge < -0.3 is 9.84 Å². The van der Waals surface area contributed by atoms with Gasteiger partial charge >= 0.3 is 5.97 Å². The molecule has 0 aromatic carbocycles. The summed E-state index contributed by atoms with van der Waals surface area (Å²) in [4.78, 5) is 11.5. The van der Waals surface area contributed by atoms with Crippen LogP contribution < -0.4 is 0 Å². The molecule has 0 heterocycles. The summed E-state index contributed by atoms with van der Waals surface area (Å²) in [6, 6.07) is 0. The molecule has 0 aromatic heterocycles. The molecule has 0 aliphatic heterocycles. The van der Waals surface area contributed by atoms with E-state index in [2.05, 4.69) is 27.4 Å². The maximum absolute atomic E-state index is 11.5. The fraction of sp³-hybridized carbons (Fsp3) is 0.800. The van der Waals surface area contributed by atoms with E-state index in [1.165, 1.54) is 6.42 Å². The molecule has 102 valence electrons. The monoisotopic (exact) mass is 252 g/mol. The fourth-order valence-electron chi connectivity index (χ4n) is 3.99. The largest absolute Gasteiger partial charge is 0.432 e. The van der Waals surface area contributed by atoms with E-state index < -0.39 is 12.3 Å². The Bertz CT molecular complexity index is 385. The van der Waals surface area contributed by atoms with Crippen molar-refractivity contribution in [2.45, 2.75) is 53.2 Å². The van der Waals surface area contributed by atoms with Gasteiger partial charge in [0.25, 0.3) is 0 Å². The zero-order valence-corrected chi connectivity index (χ0v) is 11.8. The van der Waals surface area contributed by atoms with Gasteiger partial charge in [0.1, 0.15) is 0 Å². The number of carbonyl (C=O) groups is 1. The minimum absolute atomic E-state index is 0.0505. The van der Waals surface area contributed by atoms with Gasteiger partial charge in [0.15, 0.2) is 0 Å². The molecule has 3 heteroatoms. The summed E-state index contributed by atoms with van der Waals surface area (Å²) < 4.78 is 5.12. The molecule has 2 bridgehead atoms. The second-order valence-electron chi connectivity index (χ2n) is 6.79. The van der Waals surface area contributed by atoms with Crippen LogP contribution in [0.25, 0.3) is 0 Å². The van der Waals surface area contributed by atoms with Crippen molar-refractivity contribution in [3.63, 3.8) is 0 Å². The lowest BCUT2D eigenvalue weighted by atomic mass is 9.66. The minimum atomic E-state index is -0.997. The summed E-state index contributed by atoms with van der Waals surface area (Å²) in [7, 11) is 0. The lowest BCUT2D eigenvalue weighted by Crippen LogP contribution is -2.40. The van der Waals surface area contributed by atoms with E-state index in [1.807, 2.05) is 0 Å². The third-order valence-electron chi connectivity index (χ3n) is 5.78. The van der Waals surface area contributed by atoms with E-state index in [-0.39, 0.29) is 16.7 Å². The van der Waals surface area contributed by atoms with Crippen LogP contribution in [0.5, 0.6) is 0 Å². The van der Waals surface area contributed by atoms with Crippen LogP contribution in [0.4, 0.5) is 0 Å². The number of fused-ring (bicyclic) bond motifs is 2. The Morgan fingerprint density at radius 2 is 2.06 bits per heavy atom. The quantitative estimate of drug-likeness (QED) is 0.477. The molecule has 0 aromatic rings. The molecule has 0 spiro atoms. The van der Waals surface area contributed by atoms with Crippen molar-refractivity contribution in [2.75, 3.05) is 0 Å². The molecule has 18 heavy (non-hydrogen) atoms. The molecule has 0 amide bonds. The zero-order valence-electron chi connectivity index (χ0n) is 11.8. The maximum atomic E-state index is 11.5. The molecular formula is C15H24O3. The molecule has 0 saturated heterocycles. The Kier molecular flexibility index (Phi) is 3.09. The summed E-state index contributed by atoms with van der Waals surface area (Å²) in [6.45, 7) is 11.9. The van der Waals surface area contributed by atoms with Crippen LogP contribution in [0.1, 0.15) is 47.0 Å². The Hall–Kier alpha value is -0.830. The number of hydrogen-bond donors (Lipinski definition) is 1. The van der Waals surface area contributed by atoms with Crippen molar-refractivity contribution < 1.29 is 14.6 Å². The summed E-state index contributed by atoms with van der Waals surface area (Å²) in [6.07, 6.45) is 2.29. The third-order valence-corrected chi connectivity index (χ3v) is 5.78. The summed E-state index contributed by atoms with van der Waals surface area (Å²) in [5.41, 5.74) is 0.613. The van der Waals surface area contributed by atoms with E-state index in [9.17, 15) is 9.90 Å². The first-order chi connectivity index (χ1) is 8.20. The van der Waals surface area contributed by atoms with E-state index in [1.54, 1.807) is 6.92 Å². The number of carbonyl (C=O) groups excluding carboxylic acids is 1. The Balaban J connectivity index is 2.12. The molecular weight excluding hydrogens is 228 g/mol. The van der Waals surface area contributed by atoms with Gasteiger partial charge in [-0.25, -0.2) is 4.79 Å². The minimum Gasteiger partial charge on any atom is -0.432 e. The first-order valence-corrected chi connectivity index (χ1v) is 6.74. The van der Waals surface area contributed by atoms with Gasteiger partial charge in [-0.15, -0.1) is 0 Å². The molecule has 2 aliphatic carbocycles. The SMILES string of the molecule is C=C(C)C(=O)OC(O)C1CC2CCC1(C)C2(C)C. The van der Waals surface area contributed by atoms with Gasteiger partial charge in [0.05, 0.1) is 0 Å². The standard InChI is InChI=1S/C15H24O3/c1-9(2)12(16)18-13(17)11-8-10-6-7-15(11,5)14(10,3)4/h10-11,13,17H,1,6-8H2,2-5H3.